The minimum absolute atomic E-state index is 0.00321. The molecular weight excluding hydrogens is 370 g/mol. The van der Waals surface area contributed by atoms with Gasteiger partial charge in [0.2, 0.25) is 5.91 Å². The number of carbonyl (C=O) groups excluding carboxylic acids is 2. The van der Waals surface area contributed by atoms with Crippen molar-refractivity contribution in [3.8, 4) is 0 Å². The van der Waals surface area contributed by atoms with Crippen molar-refractivity contribution in [2.24, 2.45) is 0 Å². The molecule has 2 aliphatic rings. The van der Waals surface area contributed by atoms with Crippen molar-refractivity contribution in [2.45, 2.75) is 6.54 Å². The second kappa shape index (κ2) is 9.19. The first kappa shape index (κ1) is 19.6. The molecule has 2 fully saturated rings. The molecule has 0 saturated carbocycles. The average Bonchev–Trinajstić information content (AvgIpc) is 3.23. The number of carbonyl (C=O) groups is 2. The molecule has 8 nitrogen and oxygen atoms in total. The van der Waals surface area contributed by atoms with E-state index < -0.39 is 0 Å². The Bertz CT molecular complexity index is 824. The largest absolute Gasteiger partial charge is 0.378 e. The van der Waals surface area contributed by atoms with Gasteiger partial charge in [-0.3, -0.25) is 19.2 Å². The van der Waals surface area contributed by atoms with E-state index in [4.69, 9.17) is 4.74 Å². The lowest BCUT2D eigenvalue weighted by Gasteiger charge is -2.35. The van der Waals surface area contributed by atoms with E-state index >= 15 is 0 Å². The third kappa shape index (κ3) is 5.02. The van der Waals surface area contributed by atoms with Gasteiger partial charge in [-0.2, -0.15) is 5.10 Å². The third-order valence-corrected chi connectivity index (χ3v) is 5.45. The second-order valence-corrected chi connectivity index (χ2v) is 7.47. The van der Waals surface area contributed by atoms with Crippen LogP contribution < -0.4 is 0 Å². The first-order valence-corrected chi connectivity index (χ1v) is 10.1. The molecule has 4 rings (SSSR count). The zero-order chi connectivity index (χ0) is 20.1. The number of benzene rings is 1. The summed E-state index contributed by atoms with van der Waals surface area (Å²) >= 11 is 0. The first-order valence-electron chi connectivity index (χ1n) is 10.1. The highest BCUT2D eigenvalue weighted by Gasteiger charge is 2.26. The number of rotatable bonds is 5. The van der Waals surface area contributed by atoms with E-state index in [9.17, 15) is 9.59 Å². The fraction of sp³-hybridized carbons (Fsp3) is 0.476. The number of amides is 2. The molecule has 0 aliphatic carbocycles. The van der Waals surface area contributed by atoms with E-state index in [1.807, 2.05) is 46.3 Å². The van der Waals surface area contributed by atoms with E-state index in [1.54, 1.807) is 10.9 Å². The van der Waals surface area contributed by atoms with Gasteiger partial charge < -0.3 is 14.5 Å². The van der Waals surface area contributed by atoms with Gasteiger partial charge in [0.15, 0.2) is 0 Å². The molecule has 0 unspecified atom stereocenters. The van der Waals surface area contributed by atoms with Gasteiger partial charge in [-0.25, -0.2) is 0 Å². The minimum atomic E-state index is 0.00321. The molecule has 0 bridgehead atoms. The number of aromatic nitrogens is 2. The Kier molecular flexibility index (Phi) is 6.21. The molecule has 2 aliphatic heterocycles. The van der Waals surface area contributed by atoms with E-state index in [1.165, 1.54) is 0 Å². The summed E-state index contributed by atoms with van der Waals surface area (Å²) in [5.74, 6) is 0.152. The molecule has 2 saturated heterocycles. The van der Waals surface area contributed by atoms with Crippen LogP contribution in [0.1, 0.15) is 15.9 Å². The van der Waals surface area contributed by atoms with E-state index in [0.717, 1.165) is 5.56 Å². The molecule has 0 radical (unpaired) electrons. The molecule has 3 heterocycles. The molecule has 154 valence electrons. The molecule has 8 heteroatoms. The zero-order valence-electron chi connectivity index (χ0n) is 16.6. The maximum atomic E-state index is 12.8. The standard InChI is InChI=1S/C21H27N5O3/c27-20(24-10-12-29-13-11-24)17-23-6-8-25(9-7-23)21(28)19-14-22-26(16-19)15-18-4-2-1-3-5-18/h1-5,14,16H,6-13,15,17H2. The van der Waals surface area contributed by atoms with Crippen LogP contribution in [0.5, 0.6) is 0 Å². The number of nitrogens with zero attached hydrogens (tertiary/aromatic N) is 5. The van der Waals surface area contributed by atoms with Crippen LogP contribution in [0.3, 0.4) is 0 Å². The van der Waals surface area contributed by atoms with Crippen LogP contribution in [0, 0.1) is 0 Å². The molecule has 0 atom stereocenters. The van der Waals surface area contributed by atoms with Gasteiger partial charge in [0, 0.05) is 45.5 Å². The summed E-state index contributed by atoms with van der Waals surface area (Å²) in [6.07, 6.45) is 3.45. The van der Waals surface area contributed by atoms with Crippen molar-refractivity contribution in [3.05, 3.63) is 53.9 Å². The number of hydrogen-bond acceptors (Lipinski definition) is 5. The highest BCUT2D eigenvalue weighted by atomic mass is 16.5. The van der Waals surface area contributed by atoms with Gasteiger partial charge in [0.1, 0.15) is 0 Å². The van der Waals surface area contributed by atoms with Gasteiger partial charge in [0.25, 0.3) is 5.91 Å². The van der Waals surface area contributed by atoms with Crippen LogP contribution in [0.4, 0.5) is 0 Å². The van der Waals surface area contributed by atoms with Crippen molar-refractivity contribution in [2.75, 3.05) is 59.0 Å². The van der Waals surface area contributed by atoms with Crippen LogP contribution in [-0.2, 0) is 16.1 Å². The SMILES string of the molecule is O=C(CN1CCN(C(=O)c2cnn(Cc3ccccc3)c2)CC1)N1CCOCC1. The summed E-state index contributed by atoms with van der Waals surface area (Å²) in [6, 6.07) is 10.1. The number of ether oxygens (including phenoxy) is 1. The number of morpholine rings is 1. The minimum Gasteiger partial charge on any atom is -0.378 e. The summed E-state index contributed by atoms with van der Waals surface area (Å²) in [7, 11) is 0. The molecule has 2 aromatic rings. The third-order valence-electron chi connectivity index (χ3n) is 5.45. The van der Waals surface area contributed by atoms with Crippen LogP contribution in [-0.4, -0.2) is 95.3 Å². The lowest BCUT2D eigenvalue weighted by Crippen LogP contribution is -2.52. The fourth-order valence-electron chi connectivity index (χ4n) is 3.73. The molecule has 29 heavy (non-hydrogen) atoms. The van der Waals surface area contributed by atoms with Crippen molar-refractivity contribution in [1.82, 2.24) is 24.5 Å². The Morgan fingerprint density at radius 1 is 0.931 bits per heavy atom. The van der Waals surface area contributed by atoms with E-state index in [-0.39, 0.29) is 11.8 Å². The highest BCUT2D eigenvalue weighted by Crippen LogP contribution is 2.10. The Balaban J connectivity index is 1.26. The normalized spacial score (nSPS) is 18.1. The lowest BCUT2D eigenvalue weighted by atomic mass is 10.2. The fourth-order valence-corrected chi connectivity index (χ4v) is 3.73. The zero-order valence-corrected chi connectivity index (χ0v) is 16.6. The van der Waals surface area contributed by atoms with Crippen LogP contribution in [0.15, 0.2) is 42.7 Å². The predicted octanol–water partition coefficient (Wildman–Crippen LogP) is 0.548. The molecule has 1 aromatic carbocycles. The molecular formula is C21H27N5O3. The van der Waals surface area contributed by atoms with Gasteiger partial charge >= 0.3 is 0 Å². The molecule has 0 spiro atoms. The smallest absolute Gasteiger partial charge is 0.257 e. The summed E-state index contributed by atoms with van der Waals surface area (Å²) in [4.78, 5) is 31.0. The van der Waals surface area contributed by atoms with Gasteiger partial charge in [0.05, 0.1) is 38.1 Å². The topological polar surface area (TPSA) is 70.9 Å². The molecule has 2 amide bonds. The van der Waals surface area contributed by atoms with E-state index in [2.05, 4.69) is 10.00 Å². The number of hydrogen-bond donors (Lipinski definition) is 0. The van der Waals surface area contributed by atoms with Crippen molar-refractivity contribution < 1.29 is 14.3 Å². The Labute approximate surface area is 170 Å². The first-order chi connectivity index (χ1) is 14.2. The summed E-state index contributed by atoms with van der Waals surface area (Å²) in [6.45, 7) is 6.30. The Morgan fingerprint density at radius 3 is 2.38 bits per heavy atom. The number of piperazine rings is 1. The summed E-state index contributed by atoms with van der Waals surface area (Å²) in [5.41, 5.74) is 1.76. The van der Waals surface area contributed by atoms with Crippen molar-refractivity contribution in [3.63, 3.8) is 0 Å². The van der Waals surface area contributed by atoms with Crippen LogP contribution in [0.2, 0.25) is 0 Å². The van der Waals surface area contributed by atoms with E-state index in [0.29, 0.717) is 71.1 Å². The Morgan fingerprint density at radius 2 is 1.66 bits per heavy atom. The molecule has 1 aromatic heterocycles. The van der Waals surface area contributed by atoms with Crippen molar-refractivity contribution in [1.29, 1.82) is 0 Å². The predicted molar refractivity (Wildman–Crippen MR) is 108 cm³/mol. The van der Waals surface area contributed by atoms with Gasteiger partial charge in [-0.15, -0.1) is 0 Å². The Hall–Kier alpha value is -2.71. The monoisotopic (exact) mass is 397 g/mol. The van der Waals surface area contributed by atoms with Gasteiger partial charge in [-0.05, 0) is 5.56 Å². The molecule has 0 N–H and O–H groups in total. The quantitative estimate of drug-likeness (QED) is 0.737. The highest BCUT2D eigenvalue weighted by molar-refractivity contribution is 5.93. The second-order valence-electron chi connectivity index (χ2n) is 7.47. The van der Waals surface area contributed by atoms with Gasteiger partial charge in [-0.1, -0.05) is 30.3 Å². The van der Waals surface area contributed by atoms with Crippen LogP contribution in [0.25, 0.3) is 0 Å². The maximum Gasteiger partial charge on any atom is 0.257 e. The summed E-state index contributed by atoms with van der Waals surface area (Å²) in [5, 5.41) is 4.33. The van der Waals surface area contributed by atoms with Crippen molar-refractivity contribution >= 4 is 11.8 Å². The summed E-state index contributed by atoms with van der Waals surface area (Å²) < 4.78 is 7.09. The maximum absolute atomic E-state index is 12.8. The van der Waals surface area contributed by atoms with Crippen LogP contribution >= 0.6 is 0 Å². The lowest BCUT2D eigenvalue weighted by molar-refractivity contribution is -0.136. The average molecular weight is 397 g/mol.